The molecule has 0 atom stereocenters. The number of carbonyl (C=O) groups excluding carboxylic acids is 2. The quantitative estimate of drug-likeness (QED) is 0.840. The van der Waals surface area contributed by atoms with E-state index in [-0.39, 0.29) is 5.91 Å². The van der Waals surface area contributed by atoms with Gasteiger partial charge in [-0.2, -0.15) is 0 Å². The van der Waals surface area contributed by atoms with E-state index in [2.05, 4.69) is 41.3 Å². The molecule has 1 heterocycles. The molecule has 1 fully saturated rings. The van der Waals surface area contributed by atoms with Gasteiger partial charge in [0.1, 0.15) is 0 Å². The van der Waals surface area contributed by atoms with Crippen molar-refractivity contribution in [3.8, 4) is 11.1 Å². The topological polar surface area (TPSA) is 66.6 Å². The van der Waals surface area contributed by atoms with Gasteiger partial charge in [-0.25, -0.2) is 0 Å². The molecule has 1 saturated heterocycles. The average molecular weight is 378 g/mol. The van der Waals surface area contributed by atoms with Crippen molar-refractivity contribution in [2.24, 2.45) is 11.1 Å². The van der Waals surface area contributed by atoms with Gasteiger partial charge in [0.05, 0.1) is 11.8 Å². The van der Waals surface area contributed by atoms with Crippen LogP contribution in [0.4, 0.5) is 0 Å². The molecule has 2 amide bonds. The third kappa shape index (κ3) is 4.98. The molecule has 1 aliphatic heterocycles. The van der Waals surface area contributed by atoms with Crippen molar-refractivity contribution in [3.05, 3.63) is 66.6 Å². The molecular formula is C23H28N3O2. The smallest absolute Gasteiger partial charge is 0.227 e. The Morgan fingerprint density at radius 2 is 1.50 bits per heavy atom. The number of piperazine rings is 1. The van der Waals surface area contributed by atoms with Crippen molar-refractivity contribution >= 4 is 11.8 Å². The standard InChI is InChI=1S/C23H28N3O2/c1-23(2,22(24)28)16-21(27)26-14-12-25(13-15-26)17-18-8-10-20(11-9-18)19-6-4-3-5-7-19/h3-11,16H,12-15,17H2,1-2H3,(H2,24,28). The Kier molecular flexibility index (Phi) is 6.15. The zero-order valence-electron chi connectivity index (χ0n) is 16.6. The highest BCUT2D eigenvalue weighted by Gasteiger charge is 2.32. The molecule has 1 aliphatic rings. The number of primary amides is 1. The molecule has 28 heavy (non-hydrogen) atoms. The lowest BCUT2D eigenvalue weighted by Crippen LogP contribution is -2.50. The second-order valence-electron chi connectivity index (χ2n) is 7.89. The van der Waals surface area contributed by atoms with Crippen LogP contribution >= 0.6 is 0 Å². The van der Waals surface area contributed by atoms with Gasteiger partial charge in [-0.15, -0.1) is 0 Å². The summed E-state index contributed by atoms with van der Waals surface area (Å²) in [6.45, 7) is 7.16. The molecule has 3 rings (SSSR count). The fourth-order valence-corrected chi connectivity index (χ4v) is 3.29. The van der Waals surface area contributed by atoms with Crippen molar-refractivity contribution in [2.75, 3.05) is 26.2 Å². The Balaban J connectivity index is 1.50. The van der Waals surface area contributed by atoms with Gasteiger partial charge >= 0.3 is 0 Å². The first-order valence-electron chi connectivity index (χ1n) is 9.66. The molecule has 0 saturated carbocycles. The van der Waals surface area contributed by atoms with Gasteiger partial charge in [0, 0.05) is 32.7 Å². The van der Waals surface area contributed by atoms with Gasteiger partial charge in [0.25, 0.3) is 0 Å². The maximum atomic E-state index is 12.4. The molecule has 147 valence electrons. The first-order chi connectivity index (χ1) is 13.3. The number of nitrogens with two attached hydrogens (primary N) is 1. The Morgan fingerprint density at radius 3 is 2.07 bits per heavy atom. The Morgan fingerprint density at radius 1 is 0.929 bits per heavy atom. The van der Waals surface area contributed by atoms with Crippen molar-refractivity contribution in [2.45, 2.75) is 20.4 Å². The monoisotopic (exact) mass is 378 g/mol. The summed E-state index contributed by atoms with van der Waals surface area (Å²) < 4.78 is 0. The highest BCUT2D eigenvalue weighted by Crippen LogP contribution is 2.22. The molecule has 2 N–H and O–H groups in total. The third-order valence-corrected chi connectivity index (χ3v) is 5.27. The van der Waals surface area contributed by atoms with Gasteiger partial charge in [0.2, 0.25) is 11.8 Å². The van der Waals surface area contributed by atoms with E-state index in [0.717, 1.165) is 19.6 Å². The van der Waals surface area contributed by atoms with E-state index in [4.69, 9.17) is 5.73 Å². The van der Waals surface area contributed by atoms with E-state index < -0.39 is 11.3 Å². The number of hydrogen-bond acceptors (Lipinski definition) is 3. The summed E-state index contributed by atoms with van der Waals surface area (Å²) in [4.78, 5) is 28.0. The van der Waals surface area contributed by atoms with Crippen LogP contribution in [0.1, 0.15) is 19.4 Å². The van der Waals surface area contributed by atoms with Crippen molar-refractivity contribution in [1.29, 1.82) is 0 Å². The first kappa shape index (κ1) is 20.1. The SMILES string of the molecule is CC(C)([CH]C(=O)N1CCN(Cc2ccc(-c3ccccc3)cc2)CC1)C(N)=O. The Bertz CT molecular complexity index is 808. The fourth-order valence-electron chi connectivity index (χ4n) is 3.29. The van der Waals surface area contributed by atoms with Gasteiger partial charge in [0.15, 0.2) is 0 Å². The average Bonchev–Trinajstić information content (AvgIpc) is 2.69. The van der Waals surface area contributed by atoms with Crippen LogP contribution in [-0.4, -0.2) is 47.8 Å². The molecule has 2 aromatic carbocycles. The van der Waals surface area contributed by atoms with Crippen LogP contribution in [0.2, 0.25) is 0 Å². The summed E-state index contributed by atoms with van der Waals surface area (Å²) in [6, 6.07) is 19.0. The van der Waals surface area contributed by atoms with Crippen LogP contribution in [-0.2, 0) is 16.1 Å². The van der Waals surface area contributed by atoms with Crippen molar-refractivity contribution in [3.63, 3.8) is 0 Å². The number of rotatable bonds is 6. The van der Waals surface area contributed by atoms with E-state index in [1.54, 1.807) is 18.7 Å². The van der Waals surface area contributed by atoms with Crippen molar-refractivity contribution < 1.29 is 9.59 Å². The lowest BCUT2D eigenvalue weighted by molar-refractivity contribution is -0.134. The molecule has 0 aliphatic carbocycles. The fraction of sp³-hybridized carbons (Fsp3) is 0.348. The predicted octanol–water partition coefficient (Wildman–Crippen LogP) is 2.71. The molecule has 0 aromatic heterocycles. The highest BCUT2D eigenvalue weighted by atomic mass is 16.2. The lowest BCUT2D eigenvalue weighted by Gasteiger charge is -2.36. The summed E-state index contributed by atoms with van der Waals surface area (Å²) in [5.74, 6) is -0.603. The van der Waals surface area contributed by atoms with E-state index in [1.807, 2.05) is 18.2 Å². The van der Waals surface area contributed by atoms with Crippen LogP contribution in [0, 0.1) is 11.8 Å². The van der Waals surface area contributed by atoms with E-state index in [0.29, 0.717) is 13.1 Å². The minimum absolute atomic E-state index is 0.115. The Labute approximate surface area is 167 Å². The first-order valence-corrected chi connectivity index (χ1v) is 9.66. The third-order valence-electron chi connectivity index (χ3n) is 5.27. The highest BCUT2D eigenvalue weighted by molar-refractivity contribution is 5.94. The molecule has 5 heteroatoms. The molecule has 2 aromatic rings. The van der Waals surface area contributed by atoms with Crippen LogP contribution in [0.3, 0.4) is 0 Å². The maximum Gasteiger partial charge on any atom is 0.227 e. The number of carbonyl (C=O) groups is 2. The minimum atomic E-state index is -0.922. The second-order valence-corrected chi connectivity index (χ2v) is 7.89. The van der Waals surface area contributed by atoms with Crippen LogP contribution in [0.25, 0.3) is 11.1 Å². The maximum absolute atomic E-state index is 12.4. The van der Waals surface area contributed by atoms with Crippen LogP contribution in [0.15, 0.2) is 54.6 Å². The lowest BCUT2D eigenvalue weighted by atomic mass is 9.88. The normalized spacial score (nSPS) is 15.4. The van der Waals surface area contributed by atoms with Gasteiger partial charge in [-0.3, -0.25) is 14.5 Å². The summed E-state index contributed by atoms with van der Waals surface area (Å²) in [6.07, 6.45) is 1.44. The largest absolute Gasteiger partial charge is 0.369 e. The van der Waals surface area contributed by atoms with Crippen LogP contribution < -0.4 is 5.73 Å². The van der Waals surface area contributed by atoms with Gasteiger partial charge < -0.3 is 10.6 Å². The number of nitrogens with zero attached hydrogens (tertiary/aromatic N) is 2. The van der Waals surface area contributed by atoms with Gasteiger partial charge in [-0.1, -0.05) is 68.4 Å². The van der Waals surface area contributed by atoms with Crippen LogP contribution in [0.5, 0.6) is 0 Å². The molecule has 0 spiro atoms. The summed E-state index contributed by atoms with van der Waals surface area (Å²) in [5.41, 5.74) is 8.13. The van der Waals surface area contributed by atoms with E-state index >= 15 is 0 Å². The Hall–Kier alpha value is -2.66. The van der Waals surface area contributed by atoms with E-state index in [1.165, 1.54) is 23.1 Å². The summed E-state index contributed by atoms with van der Waals surface area (Å²) in [5, 5.41) is 0. The zero-order chi connectivity index (χ0) is 20.1. The van der Waals surface area contributed by atoms with E-state index in [9.17, 15) is 9.59 Å². The van der Waals surface area contributed by atoms with Crippen molar-refractivity contribution in [1.82, 2.24) is 9.80 Å². The molecule has 0 unspecified atom stereocenters. The second kappa shape index (κ2) is 8.57. The summed E-state index contributed by atoms with van der Waals surface area (Å²) in [7, 11) is 0. The number of benzene rings is 2. The minimum Gasteiger partial charge on any atom is -0.369 e. The molecule has 1 radical (unpaired) electrons. The summed E-state index contributed by atoms with van der Waals surface area (Å²) >= 11 is 0. The zero-order valence-corrected chi connectivity index (χ0v) is 16.6. The molecule has 0 bridgehead atoms. The number of hydrogen-bond donors (Lipinski definition) is 1. The van der Waals surface area contributed by atoms with Gasteiger partial charge in [-0.05, 0) is 16.7 Å². The molecule has 5 nitrogen and oxygen atoms in total. The molecular weight excluding hydrogens is 350 g/mol. The number of amides is 2. The predicted molar refractivity (Wildman–Crippen MR) is 111 cm³/mol.